The molecular weight excluding hydrogens is 262 g/mol. The van der Waals surface area contributed by atoms with E-state index in [0.29, 0.717) is 12.1 Å². The first-order chi connectivity index (χ1) is 10.3. The molecule has 0 aromatic carbocycles. The number of piperazine rings is 1. The maximum absolute atomic E-state index is 5.23. The molecule has 2 fully saturated rings. The van der Waals surface area contributed by atoms with Crippen molar-refractivity contribution in [2.75, 3.05) is 13.1 Å². The molecule has 21 heavy (non-hydrogen) atoms. The summed E-state index contributed by atoms with van der Waals surface area (Å²) in [6.45, 7) is 7.47. The lowest BCUT2D eigenvalue weighted by atomic mass is 9.82. The fourth-order valence-corrected chi connectivity index (χ4v) is 4.03. The second-order valence-electron chi connectivity index (χ2n) is 6.83. The average Bonchev–Trinajstić information content (AvgIpc) is 2.93. The van der Waals surface area contributed by atoms with Crippen LogP contribution < -0.4 is 5.32 Å². The number of hydrogen-bond acceptors (Lipinski definition) is 4. The second-order valence-corrected chi connectivity index (χ2v) is 6.83. The van der Waals surface area contributed by atoms with Gasteiger partial charge in [0.2, 0.25) is 0 Å². The van der Waals surface area contributed by atoms with Gasteiger partial charge in [-0.15, -0.1) is 0 Å². The molecule has 2 aliphatic rings. The summed E-state index contributed by atoms with van der Waals surface area (Å²) in [4.78, 5) is 2.62. The highest BCUT2D eigenvalue weighted by Gasteiger charge is 2.32. The quantitative estimate of drug-likeness (QED) is 0.925. The Bertz CT molecular complexity index is 439. The van der Waals surface area contributed by atoms with Crippen molar-refractivity contribution in [3.63, 3.8) is 0 Å². The van der Waals surface area contributed by atoms with E-state index in [0.717, 1.165) is 37.0 Å². The highest BCUT2D eigenvalue weighted by molar-refractivity contribution is 5.04. The Labute approximate surface area is 128 Å². The Kier molecular flexibility index (Phi) is 4.96. The van der Waals surface area contributed by atoms with Gasteiger partial charge in [0.1, 0.15) is 5.76 Å². The van der Waals surface area contributed by atoms with Crippen molar-refractivity contribution in [3.05, 3.63) is 17.5 Å². The number of hydrogen-bond donors (Lipinski definition) is 1. The molecule has 2 unspecified atom stereocenters. The Morgan fingerprint density at radius 1 is 1.33 bits per heavy atom. The molecule has 0 radical (unpaired) electrons. The number of nitrogens with one attached hydrogen (secondary N) is 1. The van der Waals surface area contributed by atoms with Crippen LogP contribution in [0.2, 0.25) is 0 Å². The summed E-state index contributed by atoms with van der Waals surface area (Å²) in [7, 11) is 0. The van der Waals surface area contributed by atoms with Gasteiger partial charge in [0.05, 0.1) is 5.69 Å². The third kappa shape index (κ3) is 3.67. The van der Waals surface area contributed by atoms with Gasteiger partial charge in [-0.05, 0) is 32.1 Å². The van der Waals surface area contributed by atoms with Gasteiger partial charge in [-0.2, -0.15) is 0 Å². The van der Waals surface area contributed by atoms with Crippen LogP contribution in [0.15, 0.2) is 10.6 Å². The standard InChI is InChI=1S/C17H29N3O/c1-3-16-10-18-17(14-7-5-4-6-8-14)12-20(16)11-15-9-13(2)21-19-15/h9,14,16-18H,3-8,10-12H2,1-2H3. The molecule has 1 aliphatic heterocycles. The summed E-state index contributed by atoms with van der Waals surface area (Å²) < 4.78 is 5.23. The SMILES string of the molecule is CCC1CNC(C2CCCCC2)CN1Cc1cc(C)on1. The minimum atomic E-state index is 0.627. The molecule has 1 saturated heterocycles. The molecule has 0 spiro atoms. The molecular formula is C17H29N3O. The van der Waals surface area contributed by atoms with E-state index in [1.807, 2.05) is 6.92 Å². The summed E-state index contributed by atoms with van der Waals surface area (Å²) in [6.07, 6.45) is 8.28. The van der Waals surface area contributed by atoms with E-state index in [9.17, 15) is 0 Å². The first-order valence-electron chi connectivity index (χ1n) is 8.66. The summed E-state index contributed by atoms with van der Waals surface area (Å²) in [6, 6.07) is 3.37. The zero-order chi connectivity index (χ0) is 14.7. The molecule has 0 amide bonds. The van der Waals surface area contributed by atoms with E-state index in [2.05, 4.69) is 28.4 Å². The van der Waals surface area contributed by atoms with E-state index in [1.54, 1.807) is 0 Å². The van der Waals surface area contributed by atoms with Crippen molar-refractivity contribution in [1.29, 1.82) is 0 Å². The first kappa shape index (κ1) is 15.0. The Balaban J connectivity index is 1.63. The van der Waals surface area contributed by atoms with Gasteiger partial charge in [0.15, 0.2) is 0 Å². The largest absolute Gasteiger partial charge is 0.361 e. The molecule has 1 N–H and O–H groups in total. The van der Waals surface area contributed by atoms with Gasteiger partial charge in [0, 0.05) is 37.8 Å². The lowest BCUT2D eigenvalue weighted by Gasteiger charge is -2.43. The maximum Gasteiger partial charge on any atom is 0.133 e. The van der Waals surface area contributed by atoms with Crippen LogP contribution in [0.4, 0.5) is 0 Å². The number of nitrogens with zero attached hydrogens (tertiary/aromatic N) is 2. The minimum absolute atomic E-state index is 0.627. The zero-order valence-corrected chi connectivity index (χ0v) is 13.5. The number of aromatic nitrogens is 1. The van der Waals surface area contributed by atoms with Crippen molar-refractivity contribution in [3.8, 4) is 0 Å². The second kappa shape index (κ2) is 6.93. The smallest absolute Gasteiger partial charge is 0.133 e. The van der Waals surface area contributed by atoms with Gasteiger partial charge in [-0.25, -0.2) is 0 Å². The minimum Gasteiger partial charge on any atom is -0.361 e. The molecule has 0 bridgehead atoms. The van der Waals surface area contributed by atoms with Gasteiger partial charge in [-0.1, -0.05) is 31.3 Å². The lowest BCUT2D eigenvalue weighted by molar-refractivity contribution is 0.0853. The fraction of sp³-hybridized carbons (Fsp3) is 0.824. The zero-order valence-electron chi connectivity index (χ0n) is 13.5. The van der Waals surface area contributed by atoms with Crippen LogP contribution in [-0.4, -0.2) is 35.2 Å². The lowest BCUT2D eigenvalue weighted by Crippen LogP contribution is -2.58. The molecule has 2 heterocycles. The van der Waals surface area contributed by atoms with Crippen molar-refractivity contribution in [1.82, 2.24) is 15.4 Å². The molecule has 1 saturated carbocycles. The monoisotopic (exact) mass is 291 g/mol. The molecule has 1 aromatic rings. The topological polar surface area (TPSA) is 41.3 Å². The van der Waals surface area contributed by atoms with Crippen molar-refractivity contribution >= 4 is 0 Å². The Hall–Kier alpha value is -0.870. The van der Waals surface area contributed by atoms with Gasteiger partial charge in [-0.3, -0.25) is 4.90 Å². The van der Waals surface area contributed by atoms with Crippen LogP contribution in [0, 0.1) is 12.8 Å². The molecule has 2 atom stereocenters. The van der Waals surface area contributed by atoms with Gasteiger partial charge in [0.25, 0.3) is 0 Å². The van der Waals surface area contributed by atoms with Crippen molar-refractivity contribution < 1.29 is 4.52 Å². The van der Waals surface area contributed by atoms with Crippen LogP contribution in [0.1, 0.15) is 56.9 Å². The number of rotatable bonds is 4. The third-order valence-electron chi connectivity index (χ3n) is 5.30. The highest BCUT2D eigenvalue weighted by Crippen LogP contribution is 2.29. The summed E-state index contributed by atoms with van der Waals surface area (Å²) >= 11 is 0. The van der Waals surface area contributed by atoms with E-state index in [4.69, 9.17) is 4.52 Å². The van der Waals surface area contributed by atoms with Gasteiger partial charge < -0.3 is 9.84 Å². The van der Waals surface area contributed by atoms with Crippen LogP contribution in [0.5, 0.6) is 0 Å². The molecule has 118 valence electrons. The summed E-state index contributed by atoms with van der Waals surface area (Å²) in [5.41, 5.74) is 1.08. The fourth-order valence-electron chi connectivity index (χ4n) is 4.03. The number of aryl methyl sites for hydroxylation is 1. The molecule has 4 nitrogen and oxygen atoms in total. The van der Waals surface area contributed by atoms with E-state index in [1.165, 1.54) is 38.5 Å². The molecule has 1 aromatic heterocycles. The predicted molar refractivity (Wildman–Crippen MR) is 84.1 cm³/mol. The predicted octanol–water partition coefficient (Wildman–Crippen LogP) is 3.12. The van der Waals surface area contributed by atoms with E-state index < -0.39 is 0 Å². The molecule has 1 aliphatic carbocycles. The highest BCUT2D eigenvalue weighted by atomic mass is 16.5. The van der Waals surface area contributed by atoms with Crippen LogP contribution in [0.25, 0.3) is 0 Å². The molecule has 3 rings (SSSR count). The normalized spacial score (nSPS) is 28.9. The maximum atomic E-state index is 5.23. The van der Waals surface area contributed by atoms with Gasteiger partial charge >= 0.3 is 0 Å². The van der Waals surface area contributed by atoms with E-state index in [-0.39, 0.29) is 0 Å². The third-order valence-corrected chi connectivity index (χ3v) is 5.30. The Morgan fingerprint density at radius 3 is 2.81 bits per heavy atom. The first-order valence-corrected chi connectivity index (χ1v) is 8.66. The van der Waals surface area contributed by atoms with Crippen LogP contribution >= 0.6 is 0 Å². The van der Waals surface area contributed by atoms with E-state index >= 15 is 0 Å². The Morgan fingerprint density at radius 2 is 2.14 bits per heavy atom. The summed E-state index contributed by atoms with van der Waals surface area (Å²) in [5.74, 6) is 1.79. The van der Waals surface area contributed by atoms with Crippen LogP contribution in [0.3, 0.4) is 0 Å². The van der Waals surface area contributed by atoms with Crippen molar-refractivity contribution in [2.24, 2.45) is 5.92 Å². The average molecular weight is 291 g/mol. The summed E-state index contributed by atoms with van der Waals surface area (Å²) in [5, 5.41) is 8.00. The van der Waals surface area contributed by atoms with Crippen molar-refractivity contribution in [2.45, 2.75) is 71.0 Å². The molecule has 4 heteroatoms. The van der Waals surface area contributed by atoms with Crippen LogP contribution in [-0.2, 0) is 6.54 Å².